The first-order valence-electron chi connectivity index (χ1n) is 5.77. The van der Waals surface area contributed by atoms with Gasteiger partial charge in [-0.2, -0.15) is 5.10 Å². The average molecular weight is 230 g/mol. The van der Waals surface area contributed by atoms with E-state index in [4.69, 9.17) is 5.73 Å². The lowest BCUT2D eigenvalue weighted by molar-refractivity contribution is 0.559. The number of nitrogens with two attached hydrogens (primary N) is 1. The fraction of sp³-hybridized carbons (Fsp3) is 0.333. The van der Waals surface area contributed by atoms with Crippen molar-refractivity contribution in [3.05, 3.63) is 46.0 Å². The summed E-state index contributed by atoms with van der Waals surface area (Å²) in [5.41, 5.74) is 8.29. The van der Waals surface area contributed by atoms with Gasteiger partial charge in [-0.25, -0.2) is 5.10 Å². The van der Waals surface area contributed by atoms with E-state index in [-0.39, 0.29) is 11.6 Å². The van der Waals surface area contributed by atoms with E-state index in [9.17, 15) is 4.79 Å². The van der Waals surface area contributed by atoms with Crippen LogP contribution in [0.5, 0.6) is 0 Å². The van der Waals surface area contributed by atoms with E-state index in [0.717, 1.165) is 25.1 Å². The number of hydrogen-bond donors (Lipinski definition) is 2. The third-order valence-electron chi connectivity index (χ3n) is 3.27. The molecule has 0 aromatic carbocycles. The molecule has 0 fully saturated rings. The van der Waals surface area contributed by atoms with Crippen LogP contribution in [-0.2, 0) is 6.42 Å². The Morgan fingerprint density at radius 2 is 2.29 bits per heavy atom. The molecule has 3 rings (SSSR count). The zero-order valence-electron chi connectivity index (χ0n) is 9.39. The third kappa shape index (κ3) is 1.68. The van der Waals surface area contributed by atoms with Crippen molar-refractivity contribution >= 4 is 0 Å². The monoisotopic (exact) mass is 230 g/mol. The predicted molar refractivity (Wildman–Crippen MR) is 64.1 cm³/mol. The first kappa shape index (κ1) is 10.3. The Hall–Kier alpha value is -1.88. The molecular weight excluding hydrogens is 216 g/mol. The molecule has 0 aliphatic heterocycles. The predicted octanol–water partition coefficient (Wildman–Crippen LogP) is 0.897. The third-order valence-corrected chi connectivity index (χ3v) is 3.27. The molecule has 17 heavy (non-hydrogen) atoms. The van der Waals surface area contributed by atoms with Crippen molar-refractivity contribution in [1.82, 2.24) is 14.8 Å². The second-order valence-corrected chi connectivity index (χ2v) is 4.37. The zero-order valence-corrected chi connectivity index (χ0v) is 9.39. The molecule has 5 heteroatoms. The van der Waals surface area contributed by atoms with E-state index in [1.165, 1.54) is 17.3 Å². The summed E-state index contributed by atoms with van der Waals surface area (Å²) in [5, 5.41) is 6.49. The highest BCUT2D eigenvalue weighted by Gasteiger charge is 2.20. The van der Waals surface area contributed by atoms with Gasteiger partial charge in [0.1, 0.15) is 0 Å². The van der Waals surface area contributed by atoms with E-state index in [2.05, 4.69) is 10.2 Å². The molecule has 1 atom stereocenters. The van der Waals surface area contributed by atoms with Crippen molar-refractivity contribution in [3.63, 3.8) is 0 Å². The van der Waals surface area contributed by atoms with E-state index in [1.54, 1.807) is 6.07 Å². The fourth-order valence-electron chi connectivity index (χ4n) is 2.41. The number of nitrogens with zero attached hydrogens (tertiary/aromatic N) is 2. The summed E-state index contributed by atoms with van der Waals surface area (Å²) < 4.78 is 2.00. The number of rotatable bonds is 1. The van der Waals surface area contributed by atoms with Crippen LogP contribution in [0.4, 0.5) is 0 Å². The topological polar surface area (TPSA) is 76.7 Å². The molecule has 0 bridgehead atoms. The standard InChI is InChI=1S/C12H14N4O/c13-9-2-1-3-10-8(9)6-7-16(10)11-4-5-12(17)15-14-11/h4-7,9H,1-3,13H2,(H,15,17). The Morgan fingerprint density at radius 3 is 3.06 bits per heavy atom. The van der Waals surface area contributed by atoms with Gasteiger partial charge in [-0.05, 0) is 37.0 Å². The molecule has 0 amide bonds. The van der Waals surface area contributed by atoms with Crippen LogP contribution in [0.1, 0.15) is 30.1 Å². The molecular formula is C12H14N4O. The largest absolute Gasteiger partial charge is 0.324 e. The van der Waals surface area contributed by atoms with Crippen LogP contribution >= 0.6 is 0 Å². The summed E-state index contributed by atoms with van der Waals surface area (Å²) >= 11 is 0. The van der Waals surface area contributed by atoms with Crippen molar-refractivity contribution in [2.45, 2.75) is 25.3 Å². The molecule has 0 radical (unpaired) electrons. The van der Waals surface area contributed by atoms with Gasteiger partial charge < -0.3 is 10.3 Å². The van der Waals surface area contributed by atoms with E-state index in [1.807, 2.05) is 16.8 Å². The van der Waals surface area contributed by atoms with Crippen molar-refractivity contribution in [3.8, 4) is 5.82 Å². The number of aromatic nitrogens is 3. The second kappa shape index (κ2) is 3.85. The molecule has 0 spiro atoms. The lowest BCUT2D eigenvalue weighted by atomic mass is 9.94. The summed E-state index contributed by atoms with van der Waals surface area (Å²) in [6, 6.07) is 5.38. The summed E-state index contributed by atoms with van der Waals surface area (Å²) in [6.07, 6.45) is 5.12. The van der Waals surface area contributed by atoms with E-state index in [0.29, 0.717) is 0 Å². The second-order valence-electron chi connectivity index (χ2n) is 4.37. The van der Waals surface area contributed by atoms with Gasteiger partial charge >= 0.3 is 0 Å². The van der Waals surface area contributed by atoms with Crippen LogP contribution < -0.4 is 11.3 Å². The normalized spacial score (nSPS) is 19.0. The van der Waals surface area contributed by atoms with Gasteiger partial charge in [0, 0.05) is 24.0 Å². The van der Waals surface area contributed by atoms with Gasteiger partial charge in [0.2, 0.25) is 0 Å². The van der Waals surface area contributed by atoms with Crippen molar-refractivity contribution in [2.75, 3.05) is 0 Å². The van der Waals surface area contributed by atoms with Crippen molar-refractivity contribution < 1.29 is 0 Å². The minimum atomic E-state index is -0.188. The fourth-order valence-corrected chi connectivity index (χ4v) is 2.41. The maximum Gasteiger partial charge on any atom is 0.264 e. The van der Waals surface area contributed by atoms with Gasteiger partial charge in [-0.15, -0.1) is 0 Å². The Kier molecular flexibility index (Phi) is 2.33. The SMILES string of the molecule is NC1CCCc2c1ccn2-c1ccc(=O)[nH]n1. The Balaban J connectivity index is 2.10. The number of fused-ring (bicyclic) bond motifs is 1. The van der Waals surface area contributed by atoms with E-state index < -0.39 is 0 Å². The maximum absolute atomic E-state index is 11.0. The highest BCUT2D eigenvalue weighted by atomic mass is 16.1. The minimum Gasteiger partial charge on any atom is -0.324 e. The molecule has 2 aromatic rings. The molecule has 5 nitrogen and oxygen atoms in total. The Labute approximate surface area is 98.3 Å². The van der Waals surface area contributed by atoms with Crippen LogP contribution in [0, 0.1) is 0 Å². The average Bonchev–Trinajstić information content (AvgIpc) is 2.75. The Bertz CT molecular complexity index is 578. The molecule has 1 unspecified atom stereocenters. The quantitative estimate of drug-likeness (QED) is 0.764. The van der Waals surface area contributed by atoms with Gasteiger partial charge in [-0.3, -0.25) is 4.79 Å². The summed E-state index contributed by atoms with van der Waals surface area (Å²) in [4.78, 5) is 11.0. The summed E-state index contributed by atoms with van der Waals surface area (Å²) in [7, 11) is 0. The maximum atomic E-state index is 11.0. The lowest BCUT2D eigenvalue weighted by Crippen LogP contribution is -2.18. The van der Waals surface area contributed by atoms with Crippen LogP contribution in [0.2, 0.25) is 0 Å². The summed E-state index contributed by atoms with van der Waals surface area (Å²) in [5.74, 6) is 0.736. The molecule has 0 saturated carbocycles. The molecule has 2 heterocycles. The van der Waals surface area contributed by atoms with Crippen molar-refractivity contribution in [1.29, 1.82) is 0 Å². The number of nitrogens with one attached hydrogen (secondary N) is 1. The van der Waals surface area contributed by atoms with Gasteiger partial charge in [-0.1, -0.05) is 0 Å². The van der Waals surface area contributed by atoms with Gasteiger partial charge in [0.25, 0.3) is 5.56 Å². The van der Waals surface area contributed by atoms with Gasteiger partial charge in [0.15, 0.2) is 5.82 Å². The lowest BCUT2D eigenvalue weighted by Gasteiger charge is -2.20. The van der Waals surface area contributed by atoms with Crippen LogP contribution in [0.3, 0.4) is 0 Å². The Morgan fingerprint density at radius 1 is 1.41 bits per heavy atom. The molecule has 3 N–H and O–H groups in total. The summed E-state index contributed by atoms with van der Waals surface area (Å²) in [6.45, 7) is 0. The number of hydrogen-bond acceptors (Lipinski definition) is 3. The smallest absolute Gasteiger partial charge is 0.264 e. The van der Waals surface area contributed by atoms with Crippen LogP contribution in [0.15, 0.2) is 29.2 Å². The number of H-pyrrole nitrogens is 1. The van der Waals surface area contributed by atoms with Gasteiger partial charge in [0.05, 0.1) is 0 Å². The van der Waals surface area contributed by atoms with Crippen LogP contribution in [0.25, 0.3) is 5.82 Å². The highest BCUT2D eigenvalue weighted by molar-refractivity contribution is 5.35. The first-order chi connectivity index (χ1) is 8.25. The number of aromatic amines is 1. The molecule has 0 saturated heterocycles. The molecule has 1 aliphatic rings. The molecule has 88 valence electrons. The van der Waals surface area contributed by atoms with Crippen molar-refractivity contribution in [2.24, 2.45) is 5.73 Å². The van der Waals surface area contributed by atoms with Crippen LogP contribution in [-0.4, -0.2) is 14.8 Å². The highest BCUT2D eigenvalue weighted by Crippen LogP contribution is 2.29. The zero-order chi connectivity index (χ0) is 11.8. The van der Waals surface area contributed by atoms with E-state index >= 15 is 0 Å². The minimum absolute atomic E-state index is 0.128. The molecule has 2 aromatic heterocycles. The molecule has 1 aliphatic carbocycles. The first-order valence-corrected chi connectivity index (χ1v) is 5.77.